The van der Waals surface area contributed by atoms with Gasteiger partial charge in [-0.25, -0.2) is 9.97 Å². The van der Waals surface area contributed by atoms with Crippen molar-refractivity contribution in [3.8, 4) is 28.3 Å². The summed E-state index contributed by atoms with van der Waals surface area (Å²) in [6, 6.07) is 17.5. The van der Waals surface area contributed by atoms with Crippen molar-refractivity contribution >= 4 is 0 Å². The zero-order valence-corrected chi connectivity index (χ0v) is 21.6. The van der Waals surface area contributed by atoms with Crippen LogP contribution in [0.5, 0.6) is 5.75 Å². The van der Waals surface area contributed by atoms with Crippen molar-refractivity contribution in [1.82, 2.24) is 9.97 Å². The maximum absolute atomic E-state index is 5.79. The van der Waals surface area contributed by atoms with Gasteiger partial charge in [0.25, 0.3) is 0 Å². The predicted octanol–water partition coefficient (Wildman–Crippen LogP) is 9.23. The van der Waals surface area contributed by atoms with Crippen LogP contribution in [0, 0.1) is 0 Å². The molecule has 3 heteroatoms. The van der Waals surface area contributed by atoms with E-state index in [1.807, 2.05) is 6.08 Å². The Labute approximate surface area is 212 Å². The average molecular weight is 471 g/mol. The Morgan fingerprint density at radius 2 is 1.26 bits per heavy atom. The molecule has 1 heterocycles. The molecule has 1 aromatic heterocycles. The Balaban J connectivity index is 1.44. The number of hydrogen-bond donors (Lipinski definition) is 0. The first kappa shape index (κ1) is 26.7. The molecule has 3 rings (SSSR count). The molecule has 186 valence electrons. The van der Waals surface area contributed by atoms with Gasteiger partial charge in [-0.3, -0.25) is 0 Å². The van der Waals surface area contributed by atoms with E-state index >= 15 is 0 Å². The lowest BCUT2D eigenvalue weighted by atomic mass is 10.00. The van der Waals surface area contributed by atoms with E-state index in [0.717, 1.165) is 30.0 Å². The third kappa shape index (κ3) is 9.68. The second-order valence-electron chi connectivity index (χ2n) is 9.37. The number of ether oxygens (including phenoxy) is 1. The van der Waals surface area contributed by atoms with Crippen molar-refractivity contribution in [2.75, 3.05) is 6.61 Å². The van der Waals surface area contributed by atoms with Crippen LogP contribution in [-0.4, -0.2) is 16.6 Å². The van der Waals surface area contributed by atoms with Gasteiger partial charge < -0.3 is 4.74 Å². The zero-order chi connectivity index (χ0) is 24.6. The fourth-order valence-electron chi connectivity index (χ4n) is 4.26. The molecule has 0 spiro atoms. The molecule has 0 N–H and O–H groups in total. The molecular formula is C32H42N2O. The van der Waals surface area contributed by atoms with Crippen LogP contribution in [0.1, 0.15) is 83.1 Å². The lowest BCUT2D eigenvalue weighted by molar-refractivity contribution is 0.302. The van der Waals surface area contributed by atoms with Gasteiger partial charge >= 0.3 is 0 Å². The molecule has 0 radical (unpaired) electrons. The lowest BCUT2D eigenvalue weighted by Gasteiger charge is -2.08. The molecule has 0 aliphatic heterocycles. The van der Waals surface area contributed by atoms with Crippen LogP contribution in [0.4, 0.5) is 0 Å². The summed E-state index contributed by atoms with van der Waals surface area (Å²) in [6.07, 6.45) is 20.6. The summed E-state index contributed by atoms with van der Waals surface area (Å²) in [5, 5.41) is 0. The fraction of sp³-hybridized carbons (Fsp3) is 0.438. The van der Waals surface area contributed by atoms with Crippen LogP contribution in [0.25, 0.3) is 22.5 Å². The first-order valence-electron chi connectivity index (χ1n) is 13.6. The highest BCUT2D eigenvalue weighted by Gasteiger charge is 2.04. The van der Waals surface area contributed by atoms with Crippen LogP contribution >= 0.6 is 0 Å². The highest BCUT2D eigenvalue weighted by molar-refractivity contribution is 5.67. The van der Waals surface area contributed by atoms with E-state index in [4.69, 9.17) is 4.74 Å². The first-order chi connectivity index (χ1) is 17.3. The van der Waals surface area contributed by atoms with Gasteiger partial charge in [0.05, 0.1) is 19.0 Å². The number of aromatic nitrogens is 2. The summed E-state index contributed by atoms with van der Waals surface area (Å²) >= 11 is 0. The van der Waals surface area contributed by atoms with E-state index in [0.29, 0.717) is 6.61 Å². The molecular weight excluding hydrogens is 428 g/mol. The third-order valence-electron chi connectivity index (χ3n) is 6.45. The Bertz CT molecular complexity index is 962. The quantitative estimate of drug-likeness (QED) is 0.146. The lowest BCUT2D eigenvalue weighted by Crippen LogP contribution is -1.99. The van der Waals surface area contributed by atoms with Gasteiger partial charge in [0.2, 0.25) is 0 Å². The van der Waals surface area contributed by atoms with Crippen molar-refractivity contribution in [1.29, 1.82) is 0 Å². The number of aryl methyl sites for hydroxylation is 1. The Morgan fingerprint density at radius 3 is 1.94 bits per heavy atom. The summed E-state index contributed by atoms with van der Waals surface area (Å²) in [5.74, 6) is 1.46. The van der Waals surface area contributed by atoms with Gasteiger partial charge in [-0.15, -0.1) is 6.58 Å². The molecule has 0 amide bonds. The van der Waals surface area contributed by atoms with E-state index < -0.39 is 0 Å². The molecule has 0 bridgehead atoms. The monoisotopic (exact) mass is 470 g/mol. The Hall–Kier alpha value is -2.94. The SMILES string of the molecule is C=CCCCCCCOc1cnc(-c2ccc(-c3ccc(CCCCCCCC)cc3)cc2)nc1. The minimum Gasteiger partial charge on any atom is -0.490 e. The van der Waals surface area contributed by atoms with Gasteiger partial charge in [-0.1, -0.05) is 106 Å². The smallest absolute Gasteiger partial charge is 0.159 e. The van der Waals surface area contributed by atoms with Crippen LogP contribution in [0.15, 0.2) is 73.6 Å². The Kier molecular flexibility index (Phi) is 12.1. The van der Waals surface area contributed by atoms with Crippen LogP contribution in [-0.2, 0) is 6.42 Å². The van der Waals surface area contributed by atoms with Gasteiger partial charge in [0.1, 0.15) is 0 Å². The van der Waals surface area contributed by atoms with Crippen molar-refractivity contribution in [2.24, 2.45) is 0 Å². The molecule has 3 nitrogen and oxygen atoms in total. The average Bonchev–Trinajstić information content (AvgIpc) is 2.91. The second kappa shape index (κ2) is 15.9. The van der Waals surface area contributed by atoms with E-state index in [-0.39, 0.29) is 0 Å². The topological polar surface area (TPSA) is 35.0 Å². The number of unbranched alkanes of at least 4 members (excludes halogenated alkanes) is 9. The highest BCUT2D eigenvalue weighted by Crippen LogP contribution is 2.24. The molecule has 2 aromatic carbocycles. The largest absolute Gasteiger partial charge is 0.490 e. The third-order valence-corrected chi connectivity index (χ3v) is 6.45. The van der Waals surface area contributed by atoms with Crippen LogP contribution < -0.4 is 4.74 Å². The van der Waals surface area contributed by atoms with Crippen molar-refractivity contribution < 1.29 is 4.74 Å². The molecule has 35 heavy (non-hydrogen) atoms. The molecule has 0 saturated carbocycles. The number of hydrogen-bond acceptors (Lipinski definition) is 3. The molecule has 3 aromatic rings. The van der Waals surface area contributed by atoms with Gasteiger partial charge in [0, 0.05) is 5.56 Å². The minimum absolute atomic E-state index is 0.712. The molecule has 0 aliphatic carbocycles. The minimum atomic E-state index is 0.712. The van der Waals surface area contributed by atoms with Crippen LogP contribution in [0.3, 0.4) is 0 Å². The number of benzene rings is 2. The Morgan fingerprint density at radius 1 is 0.686 bits per heavy atom. The van der Waals surface area contributed by atoms with E-state index in [1.54, 1.807) is 12.4 Å². The molecule has 0 unspecified atom stereocenters. The maximum Gasteiger partial charge on any atom is 0.159 e. The summed E-state index contributed by atoms with van der Waals surface area (Å²) in [5.41, 5.74) is 4.91. The van der Waals surface area contributed by atoms with Crippen molar-refractivity contribution in [2.45, 2.75) is 84.0 Å². The van der Waals surface area contributed by atoms with E-state index in [9.17, 15) is 0 Å². The van der Waals surface area contributed by atoms with Gasteiger partial charge in [0.15, 0.2) is 11.6 Å². The number of allylic oxidation sites excluding steroid dienone is 1. The second-order valence-corrected chi connectivity index (χ2v) is 9.37. The van der Waals surface area contributed by atoms with Crippen LogP contribution in [0.2, 0.25) is 0 Å². The number of nitrogens with zero attached hydrogens (tertiary/aromatic N) is 2. The molecule has 0 saturated heterocycles. The maximum atomic E-state index is 5.79. The van der Waals surface area contributed by atoms with E-state index in [2.05, 4.69) is 72.0 Å². The van der Waals surface area contributed by atoms with E-state index in [1.165, 1.54) is 80.9 Å². The predicted molar refractivity (Wildman–Crippen MR) is 149 cm³/mol. The molecule has 0 atom stereocenters. The number of rotatable bonds is 17. The van der Waals surface area contributed by atoms with Gasteiger partial charge in [-0.05, 0) is 48.8 Å². The first-order valence-corrected chi connectivity index (χ1v) is 13.6. The standard InChI is InChI=1S/C32H42N2O/c1-3-5-7-9-11-13-15-27-16-18-28(19-17-27)29-20-22-30(23-21-29)32-33-25-31(26-34-32)35-24-14-12-10-8-6-4-2/h4,16-23,25-26H,2-3,5-15,24H2,1H3. The summed E-state index contributed by atoms with van der Waals surface area (Å²) < 4.78 is 5.79. The summed E-state index contributed by atoms with van der Waals surface area (Å²) in [6.45, 7) is 6.74. The molecule has 0 aliphatic rings. The summed E-state index contributed by atoms with van der Waals surface area (Å²) in [4.78, 5) is 9.01. The van der Waals surface area contributed by atoms with Crippen molar-refractivity contribution in [3.05, 3.63) is 79.1 Å². The van der Waals surface area contributed by atoms with Crippen molar-refractivity contribution in [3.63, 3.8) is 0 Å². The molecule has 0 fully saturated rings. The fourth-order valence-corrected chi connectivity index (χ4v) is 4.26. The summed E-state index contributed by atoms with van der Waals surface area (Å²) in [7, 11) is 0. The van der Waals surface area contributed by atoms with Gasteiger partial charge in [-0.2, -0.15) is 0 Å². The highest BCUT2D eigenvalue weighted by atomic mass is 16.5. The normalized spacial score (nSPS) is 10.9. The zero-order valence-electron chi connectivity index (χ0n) is 21.6.